The van der Waals surface area contributed by atoms with E-state index in [2.05, 4.69) is 30.0 Å². The molecule has 1 N–H and O–H groups in total. The zero-order chi connectivity index (χ0) is 24.6. The van der Waals surface area contributed by atoms with E-state index in [1.165, 1.54) is 6.20 Å². The van der Waals surface area contributed by atoms with Crippen molar-refractivity contribution in [3.63, 3.8) is 0 Å². The van der Waals surface area contributed by atoms with E-state index in [1.807, 2.05) is 37.5 Å². The van der Waals surface area contributed by atoms with Gasteiger partial charge in [-0.15, -0.1) is 13.2 Å². The summed E-state index contributed by atoms with van der Waals surface area (Å²) in [6.07, 6.45) is 3.65. The van der Waals surface area contributed by atoms with Crippen molar-refractivity contribution in [3.8, 4) is 5.75 Å². The Labute approximate surface area is 198 Å². The van der Waals surface area contributed by atoms with Crippen LogP contribution in [0, 0.1) is 6.92 Å². The van der Waals surface area contributed by atoms with Crippen molar-refractivity contribution in [2.75, 3.05) is 23.3 Å². The van der Waals surface area contributed by atoms with E-state index in [4.69, 9.17) is 0 Å². The summed E-state index contributed by atoms with van der Waals surface area (Å²) in [5.41, 5.74) is 4.39. The molecular formula is C24H21F3N6O2. The Morgan fingerprint density at radius 3 is 2.89 bits per heavy atom. The van der Waals surface area contributed by atoms with E-state index >= 15 is 0 Å². The first-order valence-corrected chi connectivity index (χ1v) is 10.9. The number of halogens is 3. The summed E-state index contributed by atoms with van der Waals surface area (Å²) >= 11 is 0. The van der Waals surface area contributed by atoms with Crippen LogP contribution in [0.4, 0.5) is 24.5 Å². The molecule has 1 aliphatic rings. The summed E-state index contributed by atoms with van der Waals surface area (Å²) in [5, 5.41) is 6.96. The number of rotatable bonds is 5. The van der Waals surface area contributed by atoms with Crippen LogP contribution >= 0.6 is 0 Å². The number of carbonyl (C=O) groups excluding carboxylic acids is 1. The van der Waals surface area contributed by atoms with Gasteiger partial charge in [-0.05, 0) is 42.7 Å². The molecule has 1 atom stereocenters. The lowest BCUT2D eigenvalue weighted by Gasteiger charge is -2.18. The standard InChI is InChI=1S/C24H21F3N6O2/c1-15-3-4-16(23(34)31-18-10-19(12-28-11-18)35-24(25,26)27)9-20(15)17-5-8-32(14-17)21-13-30-33-7-2-6-29-22(21)33/h2-4,6-7,9-13,17H,5,8,14H2,1H3,(H,31,34)/t17-/m1/s1. The zero-order valence-electron chi connectivity index (χ0n) is 18.7. The van der Waals surface area contributed by atoms with E-state index in [0.717, 1.165) is 54.2 Å². The Balaban J connectivity index is 1.32. The number of hydrogen-bond donors (Lipinski definition) is 1. The van der Waals surface area contributed by atoms with Gasteiger partial charge in [0, 0.05) is 43.0 Å². The fraction of sp³-hybridized carbons (Fsp3) is 0.250. The van der Waals surface area contributed by atoms with Gasteiger partial charge in [-0.25, -0.2) is 9.50 Å². The third-order valence-corrected chi connectivity index (χ3v) is 5.98. The summed E-state index contributed by atoms with van der Waals surface area (Å²) < 4.78 is 43.0. The van der Waals surface area contributed by atoms with E-state index in [1.54, 1.807) is 16.8 Å². The molecule has 0 aliphatic carbocycles. The number of ether oxygens (including phenoxy) is 1. The summed E-state index contributed by atoms with van der Waals surface area (Å²) in [5.74, 6) is -0.751. The fourth-order valence-corrected chi connectivity index (χ4v) is 4.37. The number of nitrogens with zero attached hydrogens (tertiary/aromatic N) is 5. The minimum Gasteiger partial charge on any atom is -0.404 e. The van der Waals surface area contributed by atoms with Crippen LogP contribution in [-0.2, 0) is 0 Å². The van der Waals surface area contributed by atoms with Crippen molar-refractivity contribution in [2.45, 2.75) is 25.6 Å². The Morgan fingerprint density at radius 2 is 2.06 bits per heavy atom. The second-order valence-corrected chi connectivity index (χ2v) is 8.33. The van der Waals surface area contributed by atoms with Crippen molar-refractivity contribution in [2.24, 2.45) is 0 Å². The molecule has 1 amide bonds. The summed E-state index contributed by atoms with van der Waals surface area (Å²) in [4.78, 5) is 23.2. The lowest BCUT2D eigenvalue weighted by molar-refractivity contribution is -0.274. The van der Waals surface area contributed by atoms with Crippen molar-refractivity contribution < 1.29 is 22.7 Å². The number of aromatic nitrogens is 4. The monoisotopic (exact) mass is 482 g/mol. The van der Waals surface area contributed by atoms with Gasteiger partial charge in [0.25, 0.3) is 5.91 Å². The third kappa shape index (κ3) is 4.88. The van der Waals surface area contributed by atoms with Crippen LogP contribution in [-0.4, -0.2) is 44.9 Å². The first-order valence-electron chi connectivity index (χ1n) is 10.9. The topological polar surface area (TPSA) is 84.6 Å². The summed E-state index contributed by atoms with van der Waals surface area (Å²) in [6.45, 7) is 3.58. The van der Waals surface area contributed by atoms with Gasteiger partial charge >= 0.3 is 6.36 Å². The summed E-state index contributed by atoms with van der Waals surface area (Å²) in [6, 6.07) is 8.32. The maximum absolute atomic E-state index is 12.9. The third-order valence-electron chi connectivity index (χ3n) is 5.98. The van der Waals surface area contributed by atoms with Crippen molar-refractivity contribution >= 4 is 22.9 Å². The van der Waals surface area contributed by atoms with Gasteiger partial charge in [-0.2, -0.15) is 5.10 Å². The number of benzene rings is 1. The maximum Gasteiger partial charge on any atom is 0.573 e. The number of hydrogen-bond acceptors (Lipinski definition) is 6. The summed E-state index contributed by atoms with van der Waals surface area (Å²) in [7, 11) is 0. The Bertz CT molecular complexity index is 1390. The van der Waals surface area contributed by atoms with E-state index in [9.17, 15) is 18.0 Å². The Kier molecular flexibility index (Phi) is 5.75. The minimum absolute atomic E-state index is 0.103. The SMILES string of the molecule is Cc1ccc(C(=O)Nc2cncc(OC(F)(F)F)c2)cc1[C@@H]1CCN(c2cnn3cccnc23)C1. The van der Waals surface area contributed by atoms with Crippen LogP contribution in [0.25, 0.3) is 5.65 Å². The maximum atomic E-state index is 12.9. The predicted octanol–water partition coefficient (Wildman–Crippen LogP) is 4.58. The van der Waals surface area contributed by atoms with Crippen LogP contribution in [0.5, 0.6) is 5.75 Å². The smallest absolute Gasteiger partial charge is 0.404 e. The van der Waals surface area contributed by atoms with Crippen molar-refractivity contribution in [1.82, 2.24) is 19.6 Å². The van der Waals surface area contributed by atoms with Gasteiger partial charge in [0.15, 0.2) is 5.65 Å². The first-order chi connectivity index (χ1) is 16.8. The molecule has 4 heterocycles. The molecule has 1 fully saturated rings. The zero-order valence-corrected chi connectivity index (χ0v) is 18.7. The first kappa shape index (κ1) is 22.6. The van der Waals surface area contributed by atoms with Crippen molar-refractivity contribution in [1.29, 1.82) is 0 Å². The number of aryl methyl sites for hydroxylation is 1. The molecule has 0 bridgehead atoms. The van der Waals surface area contributed by atoms with Gasteiger partial charge in [-0.3, -0.25) is 9.78 Å². The highest BCUT2D eigenvalue weighted by molar-refractivity contribution is 6.04. The van der Waals surface area contributed by atoms with E-state index in [0.29, 0.717) is 5.56 Å². The number of alkyl halides is 3. The molecule has 1 aromatic carbocycles. The molecule has 4 aromatic rings. The second-order valence-electron chi connectivity index (χ2n) is 8.33. The molecule has 5 rings (SSSR count). The predicted molar refractivity (Wildman–Crippen MR) is 123 cm³/mol. The van der Waals surface area contributed by atoms with Crippen LogP contribution < -0.4 is 15.0 Å². The van der Waals surface area contributed by atoms with Gasteiger partial charge in [-0.1, -0.05) is 6.07 Å². The number of amides is 1. The van der Waals surface area contributed by atoms with Gasteiger partial charge < -0.3 is 15.0 Å². The number of fused-ring (bicyclic) bond motifs is 1. The van der Waals surface area contributed by atoms with E-state index in [-0.39, 0.29) is 11.6 Å². The number of nitrogens with one attached hydrogen (secondary N) is 1. The minimum atomic E-state index is -4.84. The number of carbonyl (C=O) groups is 1. The highest BCUT2D eigenvalue weighted by Gasteiger charge is 2.31. The normalized spacial score (nSPS) is 16.0. The average Bonchev–Trinajstić information content (AvgIpc) is 3.45. The molecule has 11 heteroatoms. The van der Waals surface area contributed by atoms with Gasteiger partial charge in [0.1, 0.15) is 11.4 Å². The van der Waals surface area contributed by atoms with Crippen LogP contribution in [0.3, 0.4) is 0 Å². The second kappa shape index (κ2) is 8.90. The molecular weight excluding hydrogens is 461 g/mol. The molecule has 0 unspecified atom stereocenters. The average molecular weight is 482 g/mol. The Hall–Kier alpha value is -4.15. The molecule has 8 nitrogen and oxygen atoms in total. The highest BCUT2D eigenvalue weighted by atomic mass is 19.4. The molecule has 1 saturated heterocycles. The molecule has 180 valence electrons. The van der Waals surface area contributed by atoms with E-state index < -0.39 is 18.0 Å². The lowest BCUT2D eigenvalue weighted by atomic mass is 9.92. The molecule has 35 heavy (non-hydrogen) atoms. The molecule has 1 aliphatic heterocycles. The van der Waals surface area contributed by atoms with Crippen LogP contribution in [0.15, 0.2) is 61.3 Å². The molecule has 0 saturated carbocycles. The van der Waals surface area contributed by atoms with Gasteiger partial charge in [0.05, 0.1) is 24.3 Å². The van der Waals surface area contributed by atoms with Crippen LogP contribution in [0.2, 0.25) is 0 Å². The lowest BCUT2D eigenvalue weighted by Crippen LogP contribution is -2.19. The Morgan fingerprint density at radius 1 is 1.20 bits per heavy atom. The number of anilines is 2. The fourth-order valence-electron chi connectivity index (χ4n) is 4.37. The largest absolute Gasteiger partial charge is 0.573 e. The molecule has 0 spiro atoms. The highest BCUT2D eigenvalue weighted by Crippen LogP contribution is 2.34. The van der Waals surface area contributed by atoms with Gasteiger partial charge in [0.2, 0.25) is 0 Å². The van der Waals surface area contributed by atoms with Crippen molar-refractivity contribution in [3.05, 3.63) is 78.0 Å². The number of pyridine rings is 1. The molecule has 0 radical (unpaired) electrons. The quantitative estimate of drug-likeness (QED) is 0.448. The van der Waals surface area contributed by atoms with Crippen LogP contribution in [0.1, 0.15) is 33.8 Å². The molecule has 3 aromatic heterocycles.